The molecule has 1 N–H and O–H groups in total. The van der Waals surface area contributed by atoms with Crippen molar-refractivity contribution in [2.45, 2.75) is 12.5 Å². The number of benzene rings is 2. The summed E-state index contributed by atoms with van der Waals surface area (Å²) in [6.07, 6.45) is 3.58. The minimum atomic E-state index is -1.12. The zero-order chi connectivity index (χ0) is 22.4. The van der Waals surface area contributed by atoms with Crippen molar-refractivity contribution in [3.8, 4) is 5.75 Å². The standard InChI is InChI=1S/C24H16F2N2O4/c25-16-2-3-18(17(26)12-16)28-21(13-5-8-27-9-6-13)20(23(30)24(28)31)22(29)15-1-4-19-14(11-15)7-10-32-19/h1-6,8-9,11-12,21,29H,7,10H2/b22-20-. The number of hydrogen-bond donors (Lipinski definition) is 1. The van der Waals surface area contributed by atoms with E-state index in [1.54, 1.807) is 30.3 Å². The van der Waals surface area contributed by atoms with Gasteiger partial charge in [-0.15, -0.1) is 0 Å². The first-order chi connectivity index (χ1) is 15.5. The van der Waals surface area contributed by atoms with E-state index in [0.717, 1.165) is 22.6 Å². The van der Waals surface area contributed by atoms with E-state index in [9.17, 15) is 23.5 Å². The van der Waals surface area contributed by atoms with Crippen LogP contribution in [-0.2, 0) is 16.0 Å². The lowest BCUT2D eigenvalue weighted by Crippen LogP contribution is -2.30. The number of ketones is 1. The molecule has 32 heavy (non-hydrogen) atoms. The van der Waals surface area contributed by atoms with Crippen molar-refractivity contribution in [3.63, 3.8) is 0 Å². The second-order valence-corrected chi connectivity index (χ2v) is 7.47. The smallest absolute Gasteiger partial charge is 0.300 e. The number of carbonyl (C=O) groups excluding carboxylic acids is 2. The van der Waals surface area contributed by atoms with Crippen LogP contribution in [0, 0.1) is 11.6 Å². The number of hydrogen-bond acceptors (Lipinski definition) is 5. The Morgan fingerprint density at radius 1 is 1.06 bits per heavy atom. The zero-order valence-corrected chi connectivity index (χ0v) is 16.6. The molecule has 1 amide bonds. The number of halogens is 2. The predicted octanol–water partition coefficient (Wildman–Crippen LogP) is 3.92. The monoisotopic (exact) mass is 434 g/mol. The summed E-state index contributed by atoms with van der Waals surface area (Å²) in [5.41, 5.74) is 1.19. The molecule has 2 aliphatic heterocycles. The number of rotatable bonds is 3. The summed E-state index contributed by atoms with van der Waals surface area (Å²) in [5, 5.41) is 11.1. The van der Waals surface area contributed by atoms with Crippen molar-refractivity contribution in [2.24, 2.45) is 0 Å². The van der Waals surface area contributed by atoms with Gasteiger partial charge in [-0.3, -0.25) is 19.5 Å². The van der Waals surface area contributed by atoms with Gasteiger partial charge < -0.3 is 9.84 Å². The van der Waals surface area contributed by atoms with Crippen molar-refractivity contribution >= 4 is 23.1 Å². The molecule has 0 aliphatic carbocycles. The van der Waals surface area contributed by atoms with Crippen LogP contribution in [-0.4, -0.2) is 28.4 Å². The Morgan fingerprint density at radius 3 is 2.59 bits per heavy atom. The highest BCUT2D eigenvalue weighted by Crippen LogP contribution is 2.43. The van der Waals surface area contributed by atoms with E-state index in [1.807, 2.05) is 0 Å². The summed E-state index contributed by atoms with van der Waals surface area (Å²) in [4.78, 5) is 30.9. The summed E-state index contributed by atoms with van der Waals surface area (Å²) in [7, 11) is 0. The molecule has 5 rings (SSSR count). The molecular weight excluding hydrogens is 418 g/mol. The summed E-state index contributed by atoms with van der Waals surface area (Å²) in [5.74, 6) is -3.50. The number of amides is 1. The van der Waals surface area contributed by atoms with Crippen LogP contribution in [0.1, 0.15) is 22.7 Å². The quantitative estimate of drug-likeness (QED) is 0.384. The van der Waals surface area contributed by atoms with E-state index in [4.69, 9.17) is 4.74 Å². The van der Waals surface area contributed by atoms with Gasteiger partial charge in [0.05, 0.1) is 23.9 Å². The molecule has 0 bridgehead atoms. The Labute approximate surface area is 181 Å². The molecule has 1 saturated heterocycles. The number of aliphatic hydroxyl groups excluding tert-OH is 1. The highest BCUT2D eigenvalue weighted by atomic mass is 19.1. The van der Waals surface area contributed by atoms with E-state index in [2.05, 4.69) is 4.98 Å². The van der Waals surface area contributed by atoms with Gasteiger partial charge in [0.2, 0.25) is 0 Å². The Kier molecular flexibility index (Phi) is 4.70. The Balaban J connectivity index is 1.71. The molecule has 0 radical (unpaired) electrons. The summed E-state index contributed by atoms with van der Waals surface area (Å²) in [6.45, 7) is 0.519. The molecule has 1 fully saturated rings. The van der Waals surface area contributed by atoms with Gasteiger partial charge in [0.25, 0.3) is 11.7 Å². The van der Waals surface area contributed by atoms with E-state index in [0.29, 0.717) is 36.0 Å². The third-order valence-corrected chi connectivity index (χ3v) is 5.60. The molecule has 1 unspecified atom stereocenters. The van der Waals surface area contributed by atoms with Crippen LogP contribution in [0.4, 0.5) is 14.5 Å². The number of aliphatic hydroxyl groups is 1. The van der Waals surface area contributed by atoms with Gasteiger partial charge >= 0.3 is 0 Å². The lowest BCUT2D eigenvalue weighted by atomic mass is 9.95. The highest BCUT2D eigenvalue weighted by molar-refractivity contribution is 6.51. The van der Waals surface area contributed by atoms with Crippen LogP contribution < -0.4 is 9.64 Å². The van der Waals surface area contributed by atoms with Crippen LogP contribution in [0.15, 0.2) is 66.5 Å². The fourth-order valence-corrected chi connectivity index (χ4v) is 4.11. The van der Waals surface area contributed by atoms with Crippen molar-refractivity contribution in [2.75, 3.05) is 11.5 Å². The number of anilines is 1. The molecule has 8 heteroatoms. The molecular formula is C24H16F2N2O4. The van der Waals surface area contributed by atoms with Crippen molar-refractivity contribution in [1.29, 1.82) is 0 Å². The molecule has 1 atom stereocenters. The normalized spacial score (nSPS) is 19.2. The zero-order valence-electron chi connectivity index (χ0n) is 16.6. The minimum absolute atomic E-state index is 0.191. The number of carbonyl (C=O) groups is 2. The predicted molar refractivity (Wildman–Crippen MR) is 111 cm³/mol. The highest BCUT2D eigenvalue weighted by Gasteiger charge is 2.47. The number of aromatic nitrogens is 1. The average molecular weight is 434 g/mol. The topological polar surface area (TPSA) is 79.7 Å². The Hall–Kier alpha value is -4.07. The van der Waals surface area contributed by atoms with E-state index >= 15 is 0 Å². The Bertz CT molecular complexity index is 1290. The first kappa shape index (κ1) is 19.9. The lowest BCUT2D eigenvalue weighted by Gasteiger charge is -2.25. The van der Waals surface area contributed by atoms with Gasteiger partial charge in [-0.2, -0.15) is 0 Å². The third kappa shape index (κ3) is 3.11. The first-order valence-electron chi connectivity index (χ1n) is 9.88. The van der Waals surface area contributed by atoms with Gasteiger partial charge in [-0.05, 0) is 53.6 Å². The summed E-state index contributed by atoms with van der Waals surface area (Å²) >= 11 is 0. The fraction of sp³-hybridized carbons (Fsp3) is 0.125. The average Bonchev–Trinajstić information content (AvgIpc) is 3.36. The maximum Gasteiger partial charge on any atom is 0.300 e. The molecule has 160 valence electrons. The molecule has 3 heterocycles. The second kappa shape index (κ2) is 7.56. The molecule has 0 spiro atoms. The van der Waals surface area contributed by atoms with Gasteiger partial charge in [0.15, 0.2) is 0 Å². The molecule has 2 aromatic carbocycles. The van der Waals surface area contributed by atoms with Crippen molar-refractivity contribution in [3.05, 3.63) is 94.8 Å². The third-order valence-electron chi connectivity index (χ3n) is 5.60. The van der Waals surface area contributed by atoms with Crippen LogP contribution in [0.5, 0.6) is 5.75 Å². The van der Waals surface area contributed by atoms with Crippen LogP contribution in [0.3, 0.4) is 0 Å². The maximum atomic E-state index is 14.6. The summed E-state index contributed by atoms with van der Waals surface area (Å²) in [6, 6.07) is 9.72. The van der Waals surface area contributed by atoms with Crippen LogP contribution in [0.2, 0.25) is 0 Å². The first-order valence-corrected chi connectivity index (χ1v) is 9.88. The van der Waals surface area contributed by atoms with Crippen LogP contribution in [0.25, 0.3) is 5.76 Å². The Morgan fingerprint density at radius 2 is 1.84 bits per heavy atom. The van der Waals surface area contributed by atoms with Gasteiger partial charge in [0, 0.05) is 30.4 Å². The van der Waals surface area contributed by atoms with Gasteiger partial charge in [-0.25, -0.2) is 8.78 Å². The number of Topliss-reactive ketones (excluding diaryl/α,β-unsaturated/α-hetero) is 1. The second-order valence-electron chi connectivity index (χ2n) is 7.47. The van der Waals surface area contributed by atoms with Crippen molar-refractivity contribution < 1.29 is 28.2 Å². The number of ether oxygens (including phenoxy) is 1. The number of fused-ring (bicyclic) bond motifs is 1. The number of pyridine rings is 1. The SMILES string of the molecule is O=C1C(=O)N(c2ccc(F)cc2F)C(c2ccncc2)/C1=C(/O)c1ccc2c(c1)CCO2. The van der Waals surface area contributed by atoms with Gasteiger partial charge in [-0.1, -0.05) is 0 Å². The minimum Gasteiger partial charge on any atom is -0.507 e. The molecule has 6 nitrogen and oxygen atoms in total. The number of nitrogens with zero attached hydrogens (tertiary/aromatic N) is 2. The molecule has 3 aromatic rings. The fourth-order valence-electron chi connectivity index (χ4n) is 4.11. The van der Waals surface area contributed by atoms with Crippen LogP contribution >= 0.6 is 0 Å². The van der Waals surface area contributed by atoms with Crippen molar-refractivity contribution in [1.82, 2.24) is 4.98 Å². The van der Waals surface area contributed by atoms with E-state index in [1.165, 1.54) is 12.4 Å². The lowest BCUT2D eigenvalue weighted by molar-refractivity contribution is -0.132. The van der Waals surface area contributed by atoms with Gasteiger partial charge in [0.1, 0.15) is 23.1 Å². The molecule has 0 saturated carbocycles. The maximum absolute atomic E-state index is 14.6. The van der Waals surface area contributed by atoms with E-state index in [-0.39, 0.29) is 17.0 Å². The molecule has 2 aliphatic rings. The van der Waals surface area contributed by atoms with E-state index < -0.39 is 29.4 Å². The summed E-state index contributed by atoms with van der Waals surface area (Å²) < 4.78 is 33.6. The largest absolute Gasteiger partial charge is 0.507 e. The molecule has 1 aromatic heterocycles.